The van der Waals surface area contributed by atoms with Gasteiger partial charge in [-0.3, -0.25) is 9.89 Å². The van der Waals surface area contributed by atoms with E-state index in [4.69, 9.17) is 4.74 Å². The van der Waals surface area contributed by atoms with Crippen molar-refractivity contribution in [2.24, 2.45) is 0 Å². The highest BCUT2D eigenvalue weighted by molar-refractivity contribution is 6.04. The lowest BCUT2D eigenvalue weighted by molar-refractivity contribution is 0.102. The van der Waals surface area contributed by atoms with E-state index < -0.39 is 0 Å². The summed E-state index contributed by atoms with van der Waals surface area (Å²) in [7, 11) is 1.54. The van der Waals surface area contributed by atoms with Crippen LogP contribution in [0.5, 0.6) is 5.75 Å². The van der Waals surface area contributed by atoms with Gasteiger partial charge in [-0.1, -0.05) is 0 Å². The third kappa shape index (κ3) is 2.59. The Morgan fingerprint density at radius 1 is 1.43 bits per heavy atom. The summed E-state index contributed by atoms with van der Waals surface area (Å²) in [6, 6.07) is 3.61. The maximum atomic E-state index is 12.4. The number of rotatable bonds is 3. The van der Waals surface area contributed by atoms with Gasteiger partial charge in [0.2, 0.25) is 0 Å². The number of H-pyrrole nitrogens is 1. The topological polar surface area (TPSA) is 91.9 Å². The number of fused-ring (bicyclic) bond motifs is 1. The fourth-order valence-corrected chi connectivity index (χ4v) is 2.38. The van der Waals surface area contributed by atoms with Crippen molar-refractivity contribution in [3.05, 3.63) is 34.8 Å². The Hall–Kier alpha value is -2.41. The molecule has 7 nitrogen and oxygen atoms in total. The maximum Gasteiger partial charge on any atom is 0.277 e. The minimum absolute atomic E-state index is 0.285. The molecule has 0 aliphatic carbocycles. The van der Waals surface area contributed by atoms with Gasteiger partial charge < -0.3 is 15.4 Å². The predicted molar refractivity (Wildman–Crippen MR) is 77.5 cm³/mol. The molecule has 0 radical (unpaired) electrons. The van der Waals surface area contributed by atoms with Crippen molar-refractivity contribution in [1.82, 2.24) is 20.5 Å². The summed E-state index contributed by atoms with van der Waals surface area (Å²) < 4.78 is 5.21. The molecule has 0 bridgehead atoms. The van der Waals surface area contributed by atoms with E-state index in [-0.39, 0.29) is 5.91 Å². The van der Waals surface area contributed by atoms with Crippen molar-refractivity contribution < 1.29 is 9.53 Å². The lowest BCUT2D eigenvalue weighted by Crippen LogP contribution is -2.25. The summed E-state index contributed by atoms with van der Waals surface area (Å²) in [5.74, 6) is 0.645. The Morgan fingerprint density at radius 3 is 3.10 bits per heavy atom. The van der Waals surface area contributed by atoms with E-state index in [9.17, 15) is 4.79 Å². The summed E-state index contributed by atoms with van der Waals surface area (Å²) in [5, 5.41) is 13.1. The number of nitrogens with zero attached hydrogens (tertiary/aromatic N) is 2. The summed E-state index contributed by atoms with van der Waals surface area (Å²) in [4.78, 5) is 16.7. The van der Waals surface area contributed by atoms with E-state index >= 15 is 0 Å². The molecule has 110 valence electrons. The molecule has 2 aromatic heterocycles. The standard InChI is InChI=1S/C14H17N5O2/c1-8-3-4-11(21-2)13(16-8)17-14(20)12-9-7-15-6-5-10(9)18-19-12/h3-4,15H,5-7H2,1-2H3,(H,18,19)(H,16,17,20). The van der Waals surface area contributed by atoms with Crippen LogP contribution in [0.3, 0.4) is 0 Å². The molecule has 0 saturated heterocycles. The van der Waals surface area contributed by atoms with Crippen LogP contribution in [0.1, 0.15) is 27.4 Å². The van der Waals surface area contributed by atoms with Crippen LogP contribution < -0.4 is 15.4 Å². The van der Waals surface area contributed by atoms with Crippen molar-refractivity contribution in [1.29, 1.82) is 0 Å². The molecule has 3 rings (SSSR count). The van der Waals surface area contributed by atoms with Crippen LogP contribution >= 0.6 is 0 Å². The number of aryl methyl sites for hydroxylation is 1. The first kappa shape index (κ1) is 13.6. The van der Waals surface area contributed by atoms with E-state index in [1.165, 1.54) is 0 Å². The third-order valence-corrected chi connectivity index (χ3v) is 3.47. The minimum atomic E-state index is -0.285. The Kier molecular flexibility index (Phi) is 3.57. The van der Waals surface area contributed by atoms with Crippen LogP contribution in [0.4, 0.5) is 5.82 Å². The highest BCUT2D eigenvalue weighted by Gasteiger charge is 2.22. The largest absolute Gasteiger partial charge is 0.493 e. The first-order valence-electron chi connectivity index (χ1n) is 6.79. The second kappa shape index (κ2) is 5.53. The van der Waals surface area contributed by atoms with Gasteiger partial charge in [0, 0.05) is 36.5 Å². The quantitative estimate of drug-likeness (QED) is 0.784. The maximum absolute atomic E-state index is 12.4. The zero-order valence-electron chi connectivity index (χ0n) is 12.0. The summed E-state index contributed by atoms with van der Waals surface area (Å²) in [6.45, 7) is 3.39. The van der Waals surface area contributed by atoms with Crippen molar-refractivity contribution in [3.63, 3.8) is 0 Å². The van der Waals surface area contributed by atoms with Crippen LogP contribution in [0, 0.1) is 6.92 Å². The van der Waals surface area contributed by atoms with Crippen LogP contribution in [0.15, 0.2) is 12.1 Å². The number of carbonyl (C=O) groups excluding carboxylic acids is 1. The Labute approximate surface area is 122 Å². The molecule has 0 unspecified atom stereocenters. The van der Waals surface area contributed by atoms with E-state index in [0.29, 0.717) is 23.8 Å². The van der Waals surface area contributed by atoms with Gasteiger partial charge in [-0.2, -0.15) is 5.10 Å². The number of amides is 1. The smallest absolute Gasteiger partial charge is 0.277 e. The molecule has 0 saturated carbocycles. The molecular weight excluding hydrogens is 270 g/mol. The molecule has 3 N–H and O–H groups in total. The van der Waals surface area contributed by atoms with Gasteiger partial charge in [0.1, 0.15) is 0 Å². The second-order valence-electron chi connectivity index (χ2n) is 4.91. The number of ether oxygens (including phenoxy) is 1. The zero-order valence-corrected chi connectivity index (χ0v) is 12.0. The molecule has 7 heteroatoms. The number of hydrogen-bond donors (Lipinski definition) is 3. The SMILES string of the molecule is COc1ccc(C)nc1NC(=O)c1n[nH]c2c1CNCC2. The van der Waals surface area contributed by atoms with Gasteiger partial charge in [-0.25, -0.2) is 4.98 Å². The molecule has 2 aromatic rings. The number of pyridine rings is 1. The van der Waals surface area contributed by atoms with E-state index in [0.717, 1.165) is 29.9 Å². The molecule has 1 amide bonds. The first-order chi connectivity index (χ1) is 10.2. The lowest BCUT2D eigenvalue weighted by Gasteiger charge is -2.13. The summed E-state index contributed by atoms with van der Waals surface area (Å²) in [6.07, 6.45) is 0.849. The molecule has 1 aliphatic rings. The number of anilines is 1. The highest BCUT2D eigenvalue weighted by atomic mass is 16.5. The molecular formula is C14H17N5O2. The zero-order chi connectivity index (χ0) is 14.8. The van der Waals surface area contributed by atoms with Crippen molar-refractivity contribution in [3.8, 4) is 5.75 Å². The Balaban J connectivity index is 1.87. The number of hydrogen-bond acceptors (Lipinski definition) is 5. The molecule has 21 heavy (non-hydrogen) atoms. The number of carbonyl (C=O) groups is 1. The normalized spacial score (nSPS) is 13.6. The molecule has 0 fully saturated rings. The van der Waals surface area contributed by atoms with Crippen molar-refractivity contribution in [2.75, 3.05) is 19.0 Å². The fraction of sp³-hybridized carbons (Fsp3) is 0.357. The van der Waals surface area contributed by atoms with E-state index in [2.05, 4.69) is 25.8 Å². The summed E-state index contributed by atoms with van der Waals surface area (Å²) >= 11 is 0. The highest BCUT2D eigenvalue weighted by Crippen LogP contribution is 2.23. The van der Waals surface area contributed by atoms with Gasteiger partial charge in [0.05, 0.1) is 7.11 Å². The Bertz CT molecular complexity index is 680. The van der Waals surface area contributed by atoms with E-state index in [1.807, 2.05) is 13.0 Å². The van der Waals surface area contributed by atoms with Crippen LogP contribution in [0.2, 0.25) is 0 Å². The number of nitrogens with one attached hydrogen (secondary N) is 3. The van der Waals surface area contributed by atoms with Crippen molar-refractivity contribution >= 4 is 11.7 Å². The minimum Gasteiger partial charge on any atom is -0.493 e. The van der Waals surface area contributed by atoms with Crippen LogP contribution in [-0.2, 0) is 13.0 Å². The number of aromatic nitrogens is 3. The average molecular weight is 287 g/mol. The van der Waals surface area contributed by atoms with Crippen LogP contribution in [0.25, 0.3) is 0 Å². The number of methoxy groups -OCH3 is 1. The second-order valence-corrected chi connectivity index (χ2v) is 4.91. The fourth-order valence-electron chi connectivity index (χ4n) is 2.38. The molecule has 0 aromatic carbocycles. The van der Waals surface area contributed by atoms with E-state index in [1.54, 1.807) is 13.2 Å². The third-order valence-electron chi connectivity index (χ3n) is 3.47. The monoisotopic (exact) mass is 287 g/mol. The van der Waals surface area contributed by atoms with Gasteiger partial charge in [-0.05, 0) is 19.1 Å². The number of aromatic amines is 1. The molecule has 1 aliphatic heterocycles. The predicted octanol–water partition coefficient (Wildman–Crippen LogP) is 1.02. The van der Waals surface area contributed by atoms with Crippen LogP contribution in [-0.4, -0.2) is 34.7 Å². The van der Waals surface area contributed by atoms with Gasteiger partial charge >= 0.3 is 0 Å². The lowest BCUT2D eigenvalue weighted by atomic mass is 10.1. The first-order valence-corrected chi connectivity index (χ1v) is 6.79. The molecule has 0 spiro atoms. The average Bonchev–Trinajstić information content (AvgIpc) is 2.91. The van der Waals surface area contributed by atoms with Gasteiger partial charge in [0.15, 0.2) is 17.3 Å². The van der Waals surface area contributed by atoms with Gasteiger partial charge in [-0.15, -0.1) is 0 Å². The molecule has 3 heterocycles. The van der Waals surface area contributed by atoms with Gasteiger partial charge in [0.25, 0.3) is 5.91 Å². The summed E-state index contributed by atoms with van der Waals surface area (Å²) in [5.41, 5.74) is 3.15. The Morgan fingerprint density at radius 2 is 2.29 bits per heavy atom. The molecule has 0 atom stereocenters. The van der Waals surface area contributed by atoms with Crippen molar-refractivity contribution in [2.45, 2.75) is 19.9 Å².